The number of hydrogen-bond donors (Lipinski definition) is 2. The van der Waals surface area contributed by atoms with Crippen LogP contribution >= 0.6 is 12.2 Å². The average Bonchev–Trinajstić information content (AvgIpc) is 2.37. The van der Waals surface area contributed by atoms with E-state index < -0.39 is 5.97 Å². The molecule has 3 N–H and O–H groups in total. The van der Waals surface area contributed by atoms with E-state index in [1.807, 2.05) is 11.8 Å². The molecule has 0 fully saturated rings. The molecule has 0 amide bonds. The maximum Gasteiger partial charge on any atom is 0.304 e. The normalized spacial score (nSPS) is 12.4. The molecule has 0 spiro atoms. The van der Waals surface area contributed by atoms with Gasteiger partial charge in [0.15, 0.2) is 0 Å². The van der Waals surface area contributed by atoms with Crippen molar-refractivity contribution >= 4 is 23.2 Å². The fraction of sp³-hybridized carbons (Fsp3) is 0.429. The van der Waals surface area contributed by atoms with Gasteiger partial charge in [0.2, 0.25) is 0 Å². The summed E-state index contributed by atoms with van der Waals surface area (Å²) in [7, 11) is 0. The molecule has 0 saturated heterocycles. The van der Waals surface area contributed by atoms with Crippen molar-refractivity contribution in [3.63, 3.8) is 0 Å². The predicted molar refractivity (Wildman–Crippen MR) is 80.2 cm³/mol. The van der Waals surface area contributed by atoms with E-state index >= 15 is 0 Å². The molecule has 1 rings (SSSR count). The Kier molecular flexibility index (Phi) is 6.04. The molecule has 1 unspecified atom stereocenters. The number of aliphatic carboxylic acids is 1. The van der Waals surface area contributed by atoms with Crippen molar-refractivity contribution < 1.29 is 14.3 Å². The lowest BCUT2D eigenvalue weighted by Crippen LogP contribution is -2.38. The van der Waals surface area contributed by atoms with Gasteiger partial charge in [-0.05, 0) is 30.7 Å². The van der Waals surface area contributed by atoms with Gasteiger partial charge >= 0.3 is 5.97 Å². The van der Waals surface area contributed by atoms with E-state index in [9.17, 15) is 9.18 Å². The molecule has 0 heterocycles. The van der Waals surface area contributed by atoms with E-state index in [0.29, 0.717) is 18.7 Å². The summed E-state index contributed by atoms with van der Waals surface area (Å²) in [5.41, 5.74) is 7.08. The van der Waals surface area contributed by atoms with Gasteiger partial charge < -0.3 is 10.8 Å². The molecule has 0 aliphatic rings. The summed E-state index contributed by atoms with van der Waals surface area (Å²) < 4.78 is 13.3. The monoisotopic (exact) mass is 298 g/mol. The van der Waals surface area contributed by atoms with Crippen molar-refractivity contribution in [2.24, 2.45) is 5.73 Å². The number of carboxylic acids is 1. The van der Waals surface area contributed by atoms with Gasteiger partial charge in [-0.15, -0.1) is 0 Å². The van der Waals surface area contributed by atoms with Gasteiger partial charge in [0.25, 0.3) is 0 Å². The molecule has 4 nitrogen and oxygen atoms in total. The van der Waals surface area contributed by atoms with E-state index in [4.69, 9.17) is 23.1 Å². The molecular formula is C14H19FN2O2S. The van der Waals surface area contributed by atoms with E-state index in [0.717, 1.165) is 5.56 Å². The van der Waals surface area contributed by atoms with E-state index in [2.05, 4.69) is 0 Å². The van der Waals surface area contributed by atoms with Crippen LogP contribution in [0.2, 0.25) is 0 Å². The van der Waals surface area contributed by atoms with Crippen LogP contribution in [0.1, 0.15) is 30.5 Å². The zero-order valence-electron chi connectivity index (χ0n) is 11.6. The van der Waals surface area contributed by atoms with Crippen molar-refractivity contribution in [3.05, 3.63) is 35.1 Å². The fourth-order valence-electron chi connectivity index (χ4n) is 2.10. The smallest absolute Gasteiger partial charge is 0.304 e. The molecule has 0 bridgehead atoms. The SMILES string of the molecule is CCN(CCC(=O)O)C(C(N)=S)c1ccc(F)c(C)c1. The third kappa shape index (κ3) is 4.25. The minimum atomic E-state index is -0.875. The molecule has 0 saturated carbocycles. The van der Waals surface area contributed by atoms with Gasteiger partial charge in [-0.2, -0.15) is 0 Å². The highest BCUT2D eigenvalue weighted by molar-refractivity contribution is 7.80. The quantitative estimate of drug-likeness (QED) is 0.756. The summed E-state index contributed by atoms with van der Waals surface area (Å²) in [6, 6.07) is 4.33. The molecule has 0 aliphatic heterocycles. The van der Waals surface area contributed by atoms with E-state index in [-0.39, 0.29) is 23.3 Å². The van der Waals surface area contributed by atoms with Crippen molar-refractivity contribution in [1.82, 2.24) is 4.90 Å². The summed E-state index contributed by atoms with van der Waals surface area (Å²) in [4.78, 5) is 12.8. The molecule has 0 aliphatic carbocycles. The van der Waals surface area contributed by atoms with Crippen molar-refractivity contribution in [3.8, 4) is 0 Å². The largest absolute Gasteiger partial charge is 0.481 e. The number of benzene rings is 1. The number of nitrogens with zero attached hydrogens (tertiary/aromatic N) is 1. The third-order valence-corrected chi connectivity index (χ3v) is 3.37. The number of thiocarbonyl (C=S) groups is 1. The van der Waals surface area contributed by atoms with Crippen molar-refractivity contribution in [2.45, 2.75) is 26.3 Å². The molecule has 1 aromatic carbocycles. The Balaban J connectivity index is 3.04. The van der Waals surface area contributed by atoms with Crippen LogP contribution < -0.4 is 5.73 Å². The Morgan fingerprint density at radius 3 is 2.65 bits per heavy atom. The summed E-state index contributed by atoms with van der Waals surface area (Å²) in [5, 5.41) is 8.79. The van der Waals surface area contributed by atoms with Gasteiger partial charge in [-0.3, -0.25) is 9.69 Å². The van der Waals surface area contributed by atoms with Gasteiger partial charge in [0.05, 0.1) is 17.5 Å². The van der Waals surface area contributed by atoms with Crippen molar-refractivity contribution in [1.29, 1.82) is 0 Å². The minimum Gasteiger partial charge on any atom is -0.481 e. The van der Waals surface area contributed by atoms with Gasteiger partial charge in [-0.25, -0.2) is 4.39 Å². The summed E-state index contributed by atoms with van der Waals surface area (Å²) >= 11 is 5.09. The lowest BCUT2D eigenvalue weighted by Gasteiger charge is -2.30. The first-order valence-corrected chi connectivity index (χ1v) is 6.78. The van der Waals surface area contributed by atoms with E-state index in [1.165, 1.54) is 6.07 Å². The van der Waals surface area contributed by atoms with Gasteiger partial charge in [0, 0.05) is 6.54 Å². The molecule has 20 heavy (non-hydrogen) atoms. The second-order valence-electron chi connectivity index (χ2n) is 4.59. The highest BCUT2D eigenvalue weighted by atomic mass is 32.1. The lowest BCUT2D eigenvalue weighted by molar-refractivity contribution is -0.137. The fourth-order valence-corrected chi connectivity index (χ4v) is 2.39. The maximum absolute atomic E-state index is 13.3. The average molecular weight is 298 g/mol. The predicted octanol–water partition coefficient (Wildman–Crippen LogP) is 2.26. The number of rotatable bonds is 7. The summed E-state index contributed by atoms with van der Waals surface area (Å²) in [5.74, 6) is -1.16. The zero-order valence-corrected chi connectivity index (χ0v) is 12.4. The molecule has 6 heteroatoms. The minimum absolute atomic E-state index is 0.00707. The first-order valence-electron chi connectivity index (χ1n) is 6.38. The lowest BCUT2D eigenvalue weighted by atomic mass is 10.0. The molecule has 1 atom stereocenters. The molecule has 110 valence electrons. The Hall–Kier alpha value is -1.53. The standard InChI is InChI=1S/C14H19FN2O2S/c1-3-17(7-6-12(18)19)13(14(16)20)10-4-5-11(15)9(2)8-10/h4-5,8,13H,3,6-7H2,1-2H3,(H2,16,20)(H,18,19). The van der Waals surface area contributed by atoms with Crippen LogP contribution in [-0.2, 0) is 4.79 Å². The molecule has 0 radical (unpaired) electrons. The first kappa shape index (κ1) is 16.5. The van der Waals surface area contributed by atoms with Crippen LogP contribution in [0, 0.1) is 12.7 Å². The number of aryl methyl sites for hydroxylation is 1. The topological polar surface area (TPSA) is 66.6 Å². The molecule has 1 aromatic rings. The highest BCUT2D eigenvalue weighted by Gasteiger charge is 2.23. The maximum atomic E-state index is 13.3. The van der Waals surface area contributed by atoms with E-state index in [1.54, 1.807) is 19.1 Å². The van der Waals surface area contributed by atoms with Crippen LogP contribution in [0.3, 0.4) is 0 Å². The van der Waals surface area contributed by atoms with Crippen LogP contribution in [0.5, 0.6) is 0 Å². The second-order valence-corrected chi connectivity index (χ2v) is 5.06. The Morgan fingerprint density at radius 1 is 1.55 bits per heavy atom. The van der Waals surface area contributed by atoms with Gasteiger partial charge in [-0.1, -0.05) is 31.3 Å². The number of nitrogens with two attached hydrogens (primary N) is 1. The summed E-state index contributed by atoms with van der Waals surface area (Å²) in [6.45, 7) is 4.52. The van der Waals surface area contributed by atoms with Crippen LogP contribution in [0.25, 0.3) is 0 Å². The zero-order chi connectivity index (χ0) is 15.3. The highest BCUT2D eigenvalue weighted by Crippen LogP contribution is 2.23. The number of hydrogen-bond acceptors (Lipinski definition) is 3. The second kappa shape index (κ2) is 7.31. The summed E-state index contributed by atoms with van der Waals surface area (Å²) in [6.07, 6.45) is 0.00707. The number of likely N-dealkylation sites (N-methyl/N-ethyl adjacent to an activating group) is 1. The van der Waals surface area contributed by atoms with Crippen LogP contribution in [-0.4, -0.2) is 34.1 Å². The van der Waals surface area contributed by atoms with Crippen LogP contribution in [0.4, 0.5) is 4.39 Å². The van der Waals surface area contributed by atoms with Crippen molar-refractivity contribution in [2.75, 3.05) is 13.1 Å². The number of carboxylic acid groups (broad SMARTS) is 1. The molecular weight excluding hydrogens is 279 g/mol. The molecule has 0 aromatic heterocycles. The Bertz CT molecular complexity index is 508. The third-order valence-electron chi connectivity index (χ3n) is 3.15. The van der Waals surface area contributed by atoms with Gasteiger partial charge in [0.1, 0.15) is 5.82 Å². The number of carbonyl (C=O) groups is 1. The Labute approximate surface area is 123 Å². The van der Waals surface area contributed by atoms with Crippen LogP contribution in [0.15, 0.2) is 18.2 Å². The number of halogens is 1. The first-order chi connectivity index (χ1) is 9.36. The Morgan fingerprint density at radius 2 is 2.20 bits per heavy atom.